The third-order valence-corrected chi connectivity index (χ3v) is 3.68. The Bertz CT molecular complexity index is 439. The average molecular weight is 316 g/mol. The van der Waals surface area contributed by atoms with E-state index in [0.717, 1.165) is 17.3 Å². The second kappa shape index (κ2) is 8.84. The van der Waals surface area contributed by atoms with Gasteiger partial charge in [0.05, 0.1) is 6.04 Å². The maximum atomic E-state index is 11.7. The van der Waals surface area contributed by atoms with Gasteiger partial charge in [0.25, 0.3) is 0 Å². The molecule has 3 N–H and O–H groups in total. The van der Waals surface area contributed by atoms with Crippen LogP contribution in [0.2, 0.25) is 0 Å². The van der Waals surface area contributed by atoms with E-state index in [4.69, 9.17) is 0 Å². The molecule has 1 atom stereocenters. The van der Waals surface area contributed by atoms with Crippen LogP contribution in [0.3, 0.4) is 0 Å². The van der Waals surface area contributed by atoms with E-state index in [1.165, 1.54) is 0 Å². The fraction of sp³-hybridized carbons (Fsp3) is 0.385. The third-order valence-electron chi connectivity index (χ3n) is 2.74. The highest BCUT2D eigenvalue weighted by atomic mass is 35.5. The summed E-state index contributed by atoms with van der Waals surface area (Å²) in [6.45, 7) is 0.361. The number of benzene rings is 1. The number of rotatable bonds is 5. The van der Waals surface area contributed by atoms with Gasteiger partial charge in [-0.3, -0.25) is 14.9 Å². The maximum Gasteiger partial charge on any atom is 0.238 e. The molecular formula is C13H18ClN3O2S. The lowest BCUT2D eigenvalue weighted by atomic mass is 10.3. The monoisotopic (exact) mass is 315 g/mol. The van der Waals surface area contributed by atoms with Crippen molar-refractivity contribution in [2.45, 2.75) is 12.5 Å². The summed E-state index contributed by atoms with van der Waals surface area (Å²) in [6.07, 6.45) is 0.278. The maximum absolute atomic E-state index is 11.7. The van der Waals surface area contributed by atoms with Crippen LogP contribution >= 0.6 is 24.2 Å². The van der Waals surface area contributed by atoms with E-state index in [0.29, 0.717) is 6.54 Å². The Kier molecular flexibility index (Phi) is 7.43. The summed E-state index contributed by atoms with van der Waals surface area (Å²) in [4.78, 5) is 23.3. The molecular weight excluding hydrogens is 298 g/mol. The summed E-state index contributed by atoms with van der Waals surface area (Å²) in [6, 6.07) is 9.15. The number of hydrogen-bond donors (Lipinski definition) is 3. The fourth-order valence-corrected chi connectivity index (χ4v) is 2.67. The molecule has 2 amide bonds. The van der Waals surface area contributed by atoms with Crippen molar-refractivity contribution in [2.24, 2.45) is 0 Å². The number of anilines is 1. The van der Waals surface area contributed by atoms with Crippen molar-refractivity contribution in [3.05, 3.63) is 30.3 Å². The highest BCUT2D eigenvalue weighted by molar-refractivity contribution is 7.99. The van der Waals surface area contributed by atoms with Crippen LogP contribution in [0.4, 0.5) is 5.69 Å². The van der Waals surface area contributed by atoms with Crippen molar-refractivity contribution >= 4 is 41.7 Å². The van der Waals surface area contributed by atoms with Crippen LogP contribution in [0.5, 0.6) is 0 Å². The number of carbonyl (C=O) groups excluding carboxylic acids is 2. The quantitative estimate of drug-likeness (QED) is 0.764. The van der Waals surface area contributed by atoms with Crippen molar-refractivity contribution in [2.75, 3.05) is 23.5 Å². The number of nitrogens with one attached hydrogen (secondary N) is 3. The van der Waals surface area contributed by atoms with Gasteiger partial charge in [0.15, 0.2) is 0 Å². The minimum absolute atomic E-state index is 0. The first-order valence-electron chi connectivity index (χ1n) is 6.19. The number of amides is 2. The molecule has 1 aromatic carbocycles. The largest absolute Gasteiger partial charge is 0.354 e. The molecule has 0 spiro atoms. The molecule has 110 valence electrons. The Hall–Kier alpha value is -1.24. The van der Waals surface area contributed by atoms with Crippen LogP contribution in [0.1, 0.15) is 6.42 Å². The SMILES string of the molecule is Cl.O=C(CCNC(=O)C1CSCN1)Nc1ccccc1. The Labute approximate surface area is 128 Å². The lowest BCUT2D eigenvalue weighted by Gasteiger charge is -2.10. The van der Waals surface area contributed by atoms with Gasteiger partial charge in [0.1, 0.15) is 0 Å². The van der Waals surface area contributed by atoms with Gasteiger partial charge in [-0.05, 0) is 12.1 Å². The first-order valence-corrected chi connectivity index (χ1v) is 7.35. The molecule has 1 heterocycles. The third kappa shape index (κ3) is 5.40. The van der Waals surface area contributed by atoms with Crippen LogP contribution in [0, 0.1) is 0 Å². The second-order valence-corrected chi connectivity index (χ2v) is 5.26. The molecule has 0 aliphatic carbocycles. The van der Waals surface area contributed by atoms with Crippen LogP contribution in [0.15, 0.2) is 30.3 Å². The second-order valence-electron chi connectivity index (χ2n) is 4.23. The molecule has 7 heteroatoms. The van der Waals surface area contributed by atoms with Gasteiger partial charge in [-0.2, -0.15) is 0 Å². The number of para-hydroxylation sites is 1. The summed E-state index contributed by atoms with van der Waals surface area (Å²) >= 11 is 1.70. The first-order chi connectivity index (χ1) is 9.25. The van der Waals surface area contributed by atoms with Crippen molar-refractivity contribution in [3.8, 4) is 0 Å². The van der Waals surface area contributed by atoms with Crippen LogP contribution in [0.25, 0.3) is 0 Å². The van der Waals surface area contributed by atoms with Crippen molar-refractivity contribution < 1.29 is 9.59 Å². The highest BCUT2D eigenvalue weighted by Gasteiger charge is 2.21. The number of carbonyl (C=O) groups is 2. The smallest absolute Gasteiger partial charge is 0.238 e. The zero-order chi connectivity index (χ0) is 13.5. The van der Waals surface area contributed by atoms with Crippen molar-refractivity contribution in [1.82, 2.24) is 10.6 Å². The van der Waals surface area contributed by atoms with Gasteiger partial charge in [0, 0.05) is 30.3 Å². The van der Waals surface area contributed by atoms with Gasteiger partial charge >= 0.3 is 0 Å². The Morgan fingerprint density at radius 2 is 2.05 bits per heavy atom. The van der Waals surface area contributed by atoms with E-state index in [1.54, 1.807) is 11.8 Å². The number of hydrogen-bond acceptors (Lipinski definition) is 4. The van der Waals surface area contributed by atoms with Crippen molar-refractivity contribution in [1.29, 1.82) is 0 Å². The molecule has 5 nitrogen and oxygen atoms in total. The molecule has 1 aliphatic rings. The van der Waals surface area contributed by atoms with E-state index in [-0.39, 0.29) is 36.7 Å². The highest BCUT2D eigenvalue weighted by Crippen LogP contribution is 2.09. The van der Waals surface area contributed by atoms with Gasteiger partial charge < -0.3 is 10.6 Å². The van der Waals surface area contributed by atoms with Gasteiger partial charge in [-0.1, -0.05) is 18.2 Å². The topological polar surface area (TPSA) is 70.2 Å². The predicted molar refractivity (Wildman–Crippen MR) is 84.2 cm³/mol. The van der Waals surface area contributed by atoms with E-state index in [1.807, 2.05) is 30.3 Å². The molecule has 1 unspecified atom stereocenters. The minimum atomic E-state index is -0.123. The van der Waals surface area contributed by atoms with Crippen LogP contribution < -0.4 is 16.0 Å². The Morgan fingerprint density at radius 3 is 2.70 bits per heavy atom. The molecule has 20 heavy (non-hydrogen) atoms. The summed E-state index contributed by atoms with van der Waals surface area (Å²) in [5.74, 6) is 1.48. The number of halogens is 1. The minimum Gasteiger partial charge on any atom is -0.354 e. The van der Waals surface area contributed by atoms with E-state index >= 15 is 0 Å². The van der Waals surface area contributed by atoms with Crippen LogP contribution in [-0.4, -0.2) is 36.0 Å². The van der Waals surface area contributed by atoms with Gasteiger partial charge in [-0.15, -0.1) is 24.2 Å². The standard InChI is InChI=1S/C13H17N3O2S.ClH/c17-12(16-10-4-2-1-3-5-10)6-7-14-13(18)11-8-19-9-15-11;/h1-5,11,15H,6-9H2,(H,14,18)(H,16,17);1H. The summed E-state index contributed by atoms with van der Waals surface area (Å²) in [5.41, 5.74) is 0.771. The van der Waals surface area contributed by atoms with Crippen LogP contribution in [-0.2, 0) is 9.59 Å². The Morgan fingerprint density at radius 1 is 1.30 bits per heavy atom. The molecule has 0 bridgehead atoms. The molecule has 2 rings (SSSR count). The lowest BCUT2D eigenvalue weighted by Crippen LogP contribution is -2.42. The summed E-state index contributed by atoms with van der Waals surface area (Å²) in [7, 11) is 0. The molecule has 1 aliphatic heterocycles. The zero-order valence-electron chi connectivity index (χ0n) is 10.9. The summed E-state index contributed by atoms with van der Waals surface area (Å²) in [5, 5.41) is 8.63. The Balaban J connectivity index is 0.00000200. The van der Waals surface area contributed by atoms with Crippen molar-refractivity contribution in [3.63, 3.8) is 0 Å². The van der Waals surface area contributed by atoms with E-state index < -0.39 is 0 Å². The van der Waals surface area contributed by atoms with Gasteiger partial charge in [-0.25, -0.2) is 0 Å². The zero-order valence-corrected chi connectivity index (χ0v) is 12.6. The number of thioether (sulfide) groups is 1. The lowest BCUT2D eigenvalue weighted by molar-refractivity contribution is -0.122. The van der Waals surface area contributed by atoms with E-state index in [2.05, 4.69) is 16.0 Å². The molecule has 1 aromatic rings. The molecule has 0 saturated carbocycles. The first kappa shape index (κ1) is 16.8. The van der Waals surface area contributed by atoms with E-state index in [9.17, 15) is 9.59 Å². The normalized spacial score (nSPS) is 17.1. The molecule has 0 radical (unpaired) electrons. The predicted octanol–water partition coefficient (Wildman–Crippen LogP) is 1.22. The molecule has 1 fully saturated rings. The molecule has 1 saturated heterocycles. The molecule has 0 aromatic heterocycles. The van der Waals surface area contributed by atoms with Gasteiger partial charge in [0.2, 0.25) is 11.8 Å². The fourth-order valence-electron chi connectivity index (χ4n) is 1.73. The summed E-state index contributed by atoms with van der Waals surface area (Å²) < 4.78 is 0. The average Bonchev–Trinajstić information content (AvgIpc) is 2.93.